The van der Waals surface area contributed by atoms with Crippen molar-refractivity contribution in [2.45, 2.75) is 19.3 Å². The van der Waals surface area contributed by atoms with Crippen LogP contribution in [0.3, 0.4) is 0 Å². The van der Waals surface area contributed by atoms with Gasteiger partial charge in [-0.25, -0.2) is 0 Å². The predicted octanol–water partition coefficient (Wildman–Crippen LogP) is 4.90. The van der Waals surface area contributed by atoms with Crippen molar-refractivity contribution in [2.24, 2.45) is 0 Å². The highest BCUT2D eigenvalue weighted by atomic mass is 79.9. The molecule has 1 nitrogen and oxygen atoms in total. The normalized spacial score (nSPS) is 14.6. The standard InChI is InChI=1S/C14H18BrOP/c1-2-17(16,13-9-4-3-8-12-15)14-10-6-5-7-11-14/h2,5-7,9-11,13H,1,3-4,8,12H2/b13-9+. The molecule has 0 bridgehead atoms. The summed E-state index contributed by atoms with van der Waals surface area (Å²) in [5, 5.41) is 1.88. The van der Waals surface area contributed by atoms with Crippen molar-refractivity contribution in [2.75, 3.05) is 5.33 Å². The lowest BCUT2D eigenvalue weighted by atomic mass is 10.2. The van der Waals surface area contributed by atoms with Crippen LogP contribution in [0, 0.1) is 0 Å². The lowest BCUT2D eigenvalue weighted by Gasteiger charge is -2.08. The molecule has 0 aliphatic rings. The van der Waals surface area contributed by atoms with Gasteiger partial charge >= 0.3 is 0 Å². The van der Waals surface area contributed by atoms with E-state index in [9.17, 15) is 4.57 Å². The number of hydrogen-bond acceptors (Lipinski definition) is 1. The van der Waals surface area contributed by atoms with Crippen LogP contribution in [0.4, 0.5) is 0 Å². The highest BCUT2D eigenvalue weighted by Crippen LogP contribution is 2.47. The molecule has 3 heteroatoms. The van der Waals surface area contributed by atoms with Crippen LogP contribution >= 0.6 is 23.1 Å². The summed E-state index contributed by atoms with van der Waals surface area (Å²) in [6.07, 6.45) is 5.25. The Morgan fingerprint density at radius 1 is 1.24 bits per heavy atom. The first-order valence-corrected chi connectivity index (χ1v) is 8.72. The summed E-state index contributed by atoms with van der Waals surface area (Å²) in [5.41, 5.74) is 0. The molecule has 0 saturated carbocycles. The third kappa shape index (κ3) is 4.65. The maximum Gasteiger partial charge on any atom is 0.156 e. The minimum Gasteiger partial charge on any atom is -0.310 e. The number of hydrogen-bond donors (Lipinski definition) is 0. The summed E-state index contributed by atoms with van der Waals surface area (Å²) >= 11 is 3.40. The number of benzene rings is 1. The van der Waals surface area contributed by atoms with E-state index < -0.39 is 7.14 Å². The molecule has 0 saturated heterocycles. The second-order valence-corrected chi connectivity index (χ2v) is 7.19. The van der Waals surface area contributed by atoms with Gasteiger partial charge in [0, 0.05) is 10.6 Å². The molecule has 0 radical (unpaired) electrons. The molecule has 0 spiro atoms. The summed E-state index contributed by atoms with van der Waals surface area (Å²) in [4.78, 5) is 0. The third-order valence-electron chi connectivity index (χ3n) is 2.51. The van der Waals surface area contributed by atoms with Crippen molar-refractivity contribution in [1.82, 2.24) is 0 Å². The number of halogens is 1. The third-order valence-corrected chi connectivity index (χ3v) is 5.37. The number of unbranched alkanes of at least 4 members (excludes halogenated alkanes) is 2. The molecule has 1 rings (SSSR count). The number of alkyl halides is 1. The summed E-state index contributed by atoms with van der Waals surface area (Å²) in [6.45, 7) is 3.70. The topological polar surface area (TPSA) is 17.1 Å². The van der Waals surface area contributed by atoms with Gasteiger partial charge in [-0.2, -0.15) is 0 Å². The zero-order valence-corrected chi connectivity index (χ0v) is 12.4. The average molecular weight is 313 g/mol. The molecule has 1 aromatic carbocycles. The van der Waals surface area contributed by atoms with Crippen molar-refractivity contribution < 1.29 is 4.57 Å². The van der Waals surface area contributed by atoms with E-state index in [0.29, 0.717) is 0 Å². The van der Waals surface area contributed by atoms with Crippen LogP contribution in [0.1, 0.15) is 19.3 Å². The molecule has 0 aliphatic carbocycles. The molecule has 1 unspecified atom stereocenters. The first-order chi connectivity index (χ1) is 8.23. The van der Waals surface area contributed by atoms with Crippen LogP contribution in [-0.4, -0.2) is 5.33 Å². The van der Waals surface area contributed by atoms with Crippen molar-refractivity contribution in [1.29, 1.82) is 0 Å². The van der Waals surface area contributed by atoms with E-state index in [1.165, 1.54) is 0 Å². The monoisotopic (exact) mass is 312 g/mol. The van der Waals surface area contributed by atoms with Crippen LogP contribution in [0.15, 0.2) is 54.6 Å². The van der Waals surface area contributed by atoms with E-state index in [1.54, 1.807) is 5.82 Å². The maximum absolute atomic E-state index is 12.6. The van der Waals surface area contributed by atoms with E-state index in [1.807, 2.05) is 42.2 Å². The lowest BCUT2D eigenvalue weighted by molar-refractivity contribution is 0.591. The maximum atomic E-state index is 12.6. The Bertz CT molecular complexity index is 411. The predicted molar refractivity (Wildman–Crippen MR) is 80.7 cm³/mol. The summed E-state index contributed by atoms with van der Waals surface area (Å²) in [6, 6.07) is 9.53. The van der Waals surface area contributed by atoms with Crippen LogP contribution in [0.5, 0.6) is 0 Å². The van der Waals surface area contributed by atoms with Gasteiger partial charge in [-0.15, -0.1) is 0 Å². The van der Waals surface area contributed by atoms with E-state index >= 15 is 0 Å². The van der Waals surface area contributed by atoms with Crippen LogP contribution in [0.2, 0.25) is 0 Å². The molecule has 17 heavy (non-hydrogen) atoms. The van der Waals surface area contributed by atoms with E-state index in [-0.39, 0.29) is 0 Å². The van der Waals surface area contributed by atoms with Gasteiger partial charge in [0.2, 0.25) is 0 Å². The van der Waals surface area contributed by atoms with Crippen molar-refractivity contribution >= 4 is 28.4 Å². The fourth-order valence-corrected chi connectivity index (χ4v) is 3.50. The van der Waals surface area contributed by atoms with Gasteiger partial charge in [0.15, 0.2) is 7.14 Å². The molecule has 0 fully saturated rings. The quantitative estimate of drug-likeness (QED) is 0.398. The molecule has 0 aromatic heterocycles. The van der Waals surface area contributed by atoms with E-state index in [0.717, 1.165) is 29.9 Å². The molecule has 0 aliphatic heterocycles. The minimum atomic E-state index is -2.53. The Morgan fingerprint density at radius 3 is 2.53 bits per heavy atom. The summed E-state index contributed by atoms with van der Waals surface area (Å²) < 4.78 is 12.6. The Kier molecular flexibility index (Phi) is 6.54. The Morgan fingerprint density at radius 2 is 1.94 bits per heavy atom. The minimum absolute atomic E-state index is 0.853. The zero-order valence-electron chi connectivity index (χ0n) is 9.89. The second-order valence-electron chi connectivity index (χ2n) is 3.80. The molecule has 92 valence electrons. The van der Waals surface area contributed by atoms with E-state index in [2.05, 4.69) is 22.5 Å². The highest BCUT2D eigenvalue weighted by molar-refractivity contribution is 9.09. The Balaban J connectivity index is 2.70. The first-order valence-electron chi connectivity index (χ1n) is 5.75. The Labute approximate surface area is 112 Å². The van der Waals surface area contributed by atoms with Gasteiger partial charge in [0.05, 0.1) is 0 Å². The van der Waals surface area contributed by atoms with Gasteiger partial charge in [0.1, 0.15) is 0 Å². The fraction of sp³-hybridized carbons (Fsp3) is 0.286. The molecule has 0 N–H and O–H groups in total. The zero-order chi connectivity index (χ0) is 12.6. The molecular formula is C14H18BrOP. The molecular weight excluding hydrogens is 295 g/mol. The largest absolute Gasteiger partial charge is 0.310 e. The fourth-order valence-electron chi connectivity index (χ4n) is 1.50. The first kappa shape index (κ1) is 14.5. The SMILES string of the molecule is C=CP(=O)(/C=C/CCCCBr)c1ccccc1. The number of rotatable bonds is 7. The van der Waals surface area contributed by atoms with Crippen molar-refractivity contribution in [3.8, 4) is 0 Å². The Hall–Kier alpha value is -0.590. The van der Waals surface area contributed by atoms with Gasteiger partial charge < -0.3 is 4.57 Å². The number of allylic oxidation sites excluding steroid dienone is 1. The van der Waals surface area contributed by atoms with Crippen LogP contribution < -0.4 is 5.30 Å². The van der Waals surface area contributed by atoms with Crippen LogP contribution in [0.25, 0.3) is 0 Å². The molecule has 0 heterocycles. The second kappa shape index (κ2) is 7.68. The summed E-state index contributed by atoms with van der Waals surface area (Å²) in [7, 11) is -2.53. The van der Waals surface area contributed by atoms with Crippen LogP contribution in [-0.2, 0) is 4.57 Å². The van der Waals surface area contributed by atoms with E-state index in [4.69, 9.17) is 0 Å². The van der Waals surface area contributed by atoms with Gasteiger partial charge in [-0.05, 0) is 30.9 Å². The van der Waals surface area contributed by atoms with Crippen molar-refractivity contribution in [3.05, 3.63) is 54.6 Å². The smallest absolute Gasteiger partial charge is 0.156 e. The van der Waals surface area contributed by atoms with Crippen molar-refractivity contribution in [3.63, 3.8) is 0 Å². The molecule has 1 atom stereocenters. The summed E-state index contributed by atoms with van der Waals surface area (Å²) in [5.74, 6) is 3.40. The average Bonchev–Trinajstić information content (AvgIpc) is 2.39. The molecule has 0 amide bonds. The van der Waals surface area contributed by atoms with Gasteiger partial charge in [-0.1, -0.05) is 58.9 Å². The van der Waals surface area contributed by atoms with Gasteiger partial charge in [-0.3, -0.25) is 0 Å². The highest BCUT2D eigenvalue weighted by Gasteiger charge is 2.15. The lowest BCUT2D eigenvalue weighted by Crippen LogP contribution is -1.99. The molecule has 1 aromatic rings. The van der Waals surface area contributed by atoms with Gasteiger partial charge in [0.25, 0.3) is 0 Å².